The highest BCUT2D eigenvalue weighted by molar-refractivity contribution is 14.1. The molecule has 1 N–H and O–H groups in total. The van der Waals surface area contributed by atoms with Gasteiger partial charge in [-0.3, -0.25) is 4.72 Å². The van der Waals surface area contributed by atoms with Crippen LogP contribution in [0.2, 0.25) is 0 Å². The van der Waals surface area contributed by atoms with Crippen LogP contribution in [-0.2, 0) is 10.0 Å². The van der Waals surface area contributed by atoms with E-state index in [4.69, 9.17) is 0 Å². The van der Waals surface area contributed by atoms with Crippen molar-refractivity contribution in [3.8, 4) is 0 Å². The molecule has 22 heavy (non-hydrogen) atoms. The van der Waals surface area contributed by atoms with E-state index < -0.39 is 15.8 Å². The first kappa shape index (κ1) is 15.2. The molecule has 0 saturated heterocycles. The molecule has 0 aliphatic heterocycles. The molecule has 0 aromatic heterocycles. The summed E-state index contributed by atoms with van der Waals surface area (Å²) in [6.07, 6.45) is 0. The summed E-state index contributed by atoms with van der Waals surface area (Å²) in [7, 11) is -3.83. The summed E-state index contributed by atoms with van der Waals surface area (Å²) >= 11 is 1.96. The average Bonchev–Trinajstić information content (AvgIpc) is 2.49. The molecule has 112 valence electrons. The summed E-state index contributed by atoms with van der Waals surface area (Å²) in [5.74, 6) is -0.601. The normalized spacial score (nSPS) is 11.5. The molecule has 0 fully saturated rings. The van der Waals surface area contributed by atoms with Crippen LogP contribution in [0.1, 0.15) is 0 Å². The van der Waals surface area contributed by atoms with Crippen LogP contribution in [0.15, 0.2) is 65.6 Å². The Morgan fingerprint density at radius 1 is 0.909 bits per heavy atom. The average molecular weight is 427 g/mol. The third-order valence-electron chi connectivity index (χ3n) is 3.21. The molecule has 0 atom stereocenters. The van der Waals surface area contributed by atoms with Crippen molar-refractivity contribution in [3.05, 3.63) is 70.1 Å². The minimum Gasteiger partial charge on any atom is -0.277 e. The van der Waals surface area contributed by atoms with Gasteiger partial charge in [0.05, 0.1) is 10.6 Å². The van der Waals surface area contributed by atoms with E-state index in [1.165, 1.54) is 18.2 Å². The fourth-order valence-electron chi connectivity index (χ4n) is 2.11. The molecular weight excluding hydrogens is 416 g/mol. The highest BCUT2D eigenvalue weighted by atomic mass is 127. The second kappa shape index (κ2) is 5.85. The zero-order valence-corrected chi connectivity index (χ0v) is 14.2. The lowest BCUT2D eigenvalue weighted by Crippen LogP contribution is -2.14. The number of halogens is 2. The van der Waals surface area contributed by atoms with Crippen molar-refractivity contribution in [1.82, 2.24) is 0 Å². The molecular formula is C16H11FINO2S. The van der Waals surface area contributed by atoms with Crippen LogP contribution in [0.4, 0.5) is 10.1 Å². The van der Waals surface area contributed by atoms with E-state index in [9.17, 15) is 12.8 Å². The van der Waals surface area contributed by atoms with E-state index in [0.717, 1.165) is 10.8 Å². The van der Waals surface area contributed by atoms with Crippen molar-refractivity contribution in [1.29, 1.82) is 0 Å². The minimum atomic E-state index is -3.83. The van der Waals surface area contributed by atoms with Crippen molar-refractivity contribution in [2.75, 3.05) is 4.72 Å². The van der Waals surface area contributed by atoms with Crippen molar-refractivity contribution < 1.29 is 12.8 Å². The van der Waals surface area contributed by atoms with Gasteiger partial charge < -0.3 is 0 Å². The third kappa shape index (κ3) is 3.07. The zero-order valence-electron chi connectivity index (χ0n) is 11.3. The Balaban J connectivity index is 2.00. The van der Waals surface area contributed by atoms with Gasteiger partial charge in [-0.15, -0.1) is 0 Å². The van der Waals surface area contributed by atoms with E-state index in [-0.39, 0.29) is 10.6 Å². The Bertz CT molecular complexity index is 957. The smallest absolute Gasteiger partial charge is 0.262 e. The molecule has 6 heteroatoms. The second-order valence-electron chi connectivity index (χ2n) is 4.74. The van der Waals surface area contributed by atoms with Crippen LogP contribution in [-0.4, -0.2) is 8.42 Å². The minimum absolute atomic E-state index is 0.0615. The Morgan fingerprint density at radius 3 is 2.36 bits per heavy atom. The van der Waals surface area contributed by atoms with Gasteiger partial charge in [0.25, 0.3) is 10.0 Å². The van der Waals surface area contributed by atoms with E-state index >= 15 is 0 Å². The van der Waals surface area contributed by atoms with Crippen LogP contribution in [0.3, 0.4) is 0 Å². The van der Waals surface area contributed by atoms with Crippen LogP contribution in [0, 0.1) is 9.39 Å². The largest absolute Gasteiger partial charge is 0.277 e. The Morgan fingerprint density at radius 2 is 1.64 bits per heavy atom. The molecule has 0 unspecified atom stereocenters. The molecule has 0 aliphatic carbocycles. The van der Waals surface area contributed by atoms with Crippen molar-refractivity contribution >= 4 is 49.1 Å². The number of anilines is 1. The first-order chi connectivity index (χ1) is 10.5. The second-order valence-corrected chi connectivity index (χ2v) is 7.67. The van der Waals surface area contributed by atoms with Gasteiger partial charge >= 0.3 is 0 Å². The first-order valence-electron chi connectivity index (χ1n) is 6.42. The molecule has 3 nitrogen and oxygen atoms in total. The molecule has 3 aromatic carbocycles. The molecule has 0 saturated carbocycles. The maximum Gasteiger partial charge on any atom is 0.262 e. The maximum atomic E-state index is 13.8. The van der Waals surface area contributed by atoms with Crippen LogP contribution in [0.25, 0.3) is 10.8 Å². The number of hydrogen-bond acceptors (Lipinski definition) is 2. The SMILES string of the molecule is O=S(=O)(Nc1ccc(I)cc1F)c1ccc2ccccc2c1. The van der Waals surface area contributed by atoms with Crippen LogP contribution < -0.4 is 4.72 Å². The number of rotatable bonds is 3. The number of sulfonamides is 1. The number of hydrogen-bond donors (Lipinski definition) is 1. The van der Waals surface area contributed by atoms with Crippen molar-refractivity contribution in [2.24, 2.45) is 0 Å². The van der Waals surface area contributed by atoms with Gasteiger partial charge in [0.15, 0.2) is 0 Å². The molecule has 3 aromatic rings. The van der Waals surface area contributed by atoms with Crippen molar-refractivity contribution in [3.63, 3.8) is 0 Å². The molecule has 0 aliphatic rings. The molecule has 0 amide bonds. The summed E-state index contributed by atoms with van der Waals surface area (Å²) in [6.45, 7) is 0. The van der Waals surface area contributed by atoms with E-state index in [1.54, 1.807) is 18.2 Å². The number of benzene rings is 3. The van der Waals surface area contributed by atoms with Crippen LogP contribution in [0.5, 0.6) is 0 Å². The molecule has 0 spiro atoms. The standard InChI is InChI=1S/C16H11FINO2S/c17-15-10-13(18)6-8-16(15)19-22(20,21)14-7-5-11-3-1-2-4-12(11)9-14/h1-10,19H. The number of nitrogens with one attached hydrogen (secondary N) is 1. The van der Waals surface area contributed by atoms with Gasteiger partial charge in [0.2, 0.25) is 0 Å². The zero-order chi connectivity index (χ0) is 15.7. The van der Waals surface area contributed by atoms with E-state index in [2.05, 4.69) is 4.72 Å². The fraction of sp³-hybridized carbons (Fsp3) is 0. The topological polar surface area (TPSA) is 46.2 Å². The summed E-state index contributed by atoms with van der Waals surface area (Å²) < 4.78 is 41.6. The predicted octanol–water partition coefficient (Wildman–Crippen LogP) is 4.38. The van der Waals surface area contributed by atoms with Gasteiger partial charge in [-0.05, 0) is 63.7 Å². The lowest BCUT2D eigenvalue weighted by Gasteiger charge is -2.10. The lowest BCUT2D eigenvalue weighted by atomic mass is 10.1. The highest BCUT2D eigenvalue weighted by Crippen LogP contribution is 2.23. The third-order valence-corrected chi connectivity index (χ3v) is 5.24. The summed E-state index contributed by atoms with van der Waals surface area (Å²) in [6, 6.07) is 16.6. The number of fused-ring (bicyclic) bond motifs is 1. The quantitative estimate of drug-likeness (QED) is 0.631. The Labute approximate surface area is 141 Å². The van der Waals surface area contributed by atoms with E-state index in [0.29, 0.717) is 3.57 Å². The van der Waals surface area contributed by atoms with Crippen molar-refractivity contribution in [2.45, 2.75) is 4.90 Å². The Kier molecular flexibility index (Phi) is 4.05. The van der Waals surface area contributed by atoms with Crippen LogP contribution >= 0.6 is 22.6 Å². The van der Waals surface area contributed by atoms with Gasteiger partial charge in [-0.2, -0.15) is 0 Å². The summed E-state index contributed by atoms with van der Waals surface area (Å²) in [4.78, 5) is 0.101. The van der Waals surface area contributed by atoms with Gasteiger partial charge in [-0.25, -0.2) is 12.8 Å². The lowest BCUT2D eigenvalue weighted by molar-refractivity contribution is 0.598. The first-order valence-corrected chi connectivity index (χ1v) is 8.98. The van der Waals surface area contributed by atoms with Gasteiger partial charge in [0, 0.05) is 3.57 Å². The molecule has 0 radical (unpaired) electrons. The van der Waals surface area contributed by atoms with Gasteiger partial charge in [-0.1, -0.05) is 30.3 Å². The summed E-state index contributed by atoms with van der Waals surface area (Å²) in [5, 5.41) is 1.76. The monoisotopic (exact) mass is 427 g/mol. The van der Waals surface area contributed by atoms with E-state index in [1.807, 2.05) is 46.9 Å². The fourth-order valence-corrected chi connectivity index (χ4v) is 3.67. The Hall–Kier alpha value is -1.67. The molecule has 0 heterocycles. The summed E-state index contributed by atoms with van der Waals surface area (Å²) in [5.41, 5.74) is -0.0615. The molecule has 3 rings (SSSR count). The highest BCUT2D eigenvalue weighted by Gasteiger charge is 2.16. The molecule has 0 bridgehead atoms. The predicted molar refractivity (Wildman–Crippen MR) is 93.9 cm³/mol. The van der Waals surface area contributed by atoms with Gasteiger partial charge in [0.1, 0.15) is 5.82 Å². The maximum absolute atomic E-state index is 13.8.